The van der Waals surface area contributed by atoms with E-state index < -0.39 is 5.97 Å². The Bertz CT molecular complexity index is 577. The highest BCUT2D eigenvalue weighted by Crippen LogP contribution is 2.33. The number of carbonyl (C=O) groups is 2. The number of anilines is 2. The van der Waals surface area contributed by atoms with E-state index >= 15 is 0 Å². The van der Waals surface area contributed by atoms with Gasteiger partial charge in [0.1, 0.15) is 0 Å². The molecule has 6 nitrogen and oxygen atoms in total. The molecule has 0 bridgehead atoms. The molecule has 114 valence electrons. The Morgan fingerprint density at radius 2 is 2.19 bits per heavy atom. The van der Waals surface area contributed by atoms with Crippen LogP contribution in [-0.4, -0.2) is 38.1 Å². The highest BCUT2D eigenvalue weighted by atomic mass is 79.9. The van der Waals surface area contributed by atoms with Gasteiger partial charge >= 0.3 is 5.97 Å². The Morgan fingerprint density at radius 3 is 2.81 bits per heavy atom. The topological polar surface area (TPSA) is 84.7 Å². The second-order valence-electron chi connectivity index (χ2n) is 5.01. The molecule has 0 spiro atoms. The predicted molar refractivity (Wildman–Crippen MR) is 84.3 cm³/mol. The number of halogens is 1. The first kappa shape index (κ1) is 15.6. The van der Waals surface area contributed by atoms with E-state index in [4.69, 9.17) is 10.5 Å². The lowest BCUT2D eigenvalue weighted by atomic mass is 10.1. The van der Waals surface area contributed by atoms with Crippen LogP contribution in [0.15, 0.2) is 16.6 Å². The lowest BCUT2D eigenvalue weighted by Gasteiger charge is -2.21. The maximum Gasteiger partial charge on any atom is 0.340 e. The third kappa shape index (κ3) is 3.47. The van der Waals surface area contributed by atoms with Gasteiger partial charge in [-0.2, -0.15) is 0 Å². The average molecular weight is 356 g/mol. The summed E-state index contributed by atoms with van der Waals surface area (Å²) in [7, 11) is 1.33. The number of hydrogen-bond donors (Lipinski definition) is 2. The molecule has 1 amide bonds. The van der Waals surface area contributed by atoms with E-state index in [1.165, 1.54) is 14.0 Å². The molecule has 2 rings (SSSR count). The molecule has 0 unspecified atom stereocenters. The molecule has 1 aliphatic rings. The van der Waals surface area contributed by atoms with E-state index in [0.717, 1.165) is 23.1 Å². The summed E-state index contributed by atoms with van der Waals surface area (Å²) in [6, 6.07) is 3.54. The van der Waals surface area contributed by atoms with Gasteiger partial charge in [-0.15, -0.1) is 0 Å². The summed E-state index contributed by atoms with van der Waals surface area (Å²) < 4.78 is 5.55. The van der Waals surface area contributed by atoms with Crippen molar-refractivity contribution >= 4 is 39.2 Å². The Kier molecular flexibility index (Phi) is 4.72. The first-order valence-corrected chi connectivity index (χ1v) is 7.41. The van der Waals surface area contributed by atoms with E-state index in [1.807, 2.05) is 0 Å². The SMILES string of the molecule is COC(=O)c1cc(N2CC[C@H](NC(C)=O)C2)c(Br)cc1N. The quantitative estimate of drug-likeness (QED) is 0.634. The Balaban J connectivity index is 2.24. The second-order valence-corrected chi connectivity index (χ2v) is 5.87. The number of amides is 1. The molecule has 3 N–H and O–H groups in total. The number of methoxy groups -OCH3 is 1. The van der Waals surface area contributed by atoms with Gasteiger partial charge in [-0.25, -0.2) is 4.79 Å². The highest BCUT2D eigenvalue weighted by Gasteiger charge is 2.26. The molecule has 1 aromatic carbocycles. The smallest absolute Gasteiger partial charge is 0.340 e. The molecule has 1 fully saturated rings. The third-order valence-corrected chi connectivity index (χ3v) is 4.10. The summed E-state index contributed by atoms with van der Waals surface area (Å²) in [6.07, 6.45) is 0.865. The zero-order chi connectivity index (χ0) is 15.6. The van der Waals surface area contributed by atoms with Gasteiger partial charge < -0.3 is 20.7 Å². The fourth-order valence-corrected chi connectivity index (χ4v) is 3.10. The van der Waals surface area contributed by atoms with Gasteiger partial charge in [-0.05, 0) is 34.5 Å². The maximum absolute atomic E-state index is 11.7. The van der Waals surface area contributed by atoms with Gasteiger partial charge in [-0.3, -0.25) is 4.79 Å². The van der Waals surface area contributed by atoms with Crippen LogP contribution in [-0.2, 0) is 9.53 Å². The van der Waals surface area contributed by atoms with Crippen LogP contribution in [0.25, 0.3) is 0 Å². The predicted octanol–water partition coefficient (Wildman–Crippen LogP) is 1.53. The minimum atomic E-state index is -0.459. The molecular formula is C14H18BrN3O3. The van der Waals surface area contributed by atoms with Crippen molar-refractivity contribution in [3.63, 3.8) is 0 Å². The number of ether oxygens (including phenoxy) is 1. The van der Waals surface area contributed by atoms with Crippen LogP contribution in [0, 0.1) is 0 Å². The summed E-state index contributed by atoms with van der Waals surface area (Å²) >= 11 is 3.47. The summed E-state index contributed by atoms with van der Waals surface area (Å²) in [5.41, 5.74) is 7.44. The number of nitrogens with one attached hydrogen (secondary N) is 1. The van der Waals surface area contributed by atoms with Crippen molar-refractivity contribution in [3.8, 4) is 0 Å². The molecule has 0 aliphatic carbocycles. The molecule has 0 aromatic heterocycles. The van der Waals surface area contributed by atoms with Crippen molar-refractivity contribution in [3.05, 3.63) is 22.2 Å². The van der Waals surface area contributed by atoms with Crippen molar-refractivity contribution < 1.29 is 14.3 Å². The van der Waals surface area contributed by atoms with E-state index in [1.54, 1.807) is 12.1 Å². The van der Waals surface area contributed by atoms with Gasteiger partial charge in [0.05, 0.1) is 18.4 Å². The number of hydrogen-bond acceptors (Lipinski definition) is 5. The Hall–Kier alpha value is -1.76. The summed E-state index contributed by atoms with van der Waals surface area (Å²) in [6.45, 7) is 3.01. The minimum absolute atomic E-state index is 0.0338. The normalized spacial score (nSPS) is 17.7. The molecule has 1 aliphatic heterocycles. The van der Waals surface area contributed by atoms with Crippen LogP contribution in [0.2, 0.25) is 0 Å². The van der Waals surface area contributed by atoms with Crippen LogP contribution in [0.4, 0.5) is 11.4 Å². The van der Waals surface area contributed by atoms with Gasteiger partial charge in [0.2, 0.25) is 5.91 Å². The average Bonchev–Trinajstić information content (AvgIpc) is 2.85. The second kappa shape index (κ2) is 6.34. The van der Waals surface area contributed by atoms with Crippen molar-refractivity contribution in [2.24, 2.45) is 0 Å². The maximum atomic E-state index is 11.7. The molecule has 0 radical (unpaired) electrons. The van der Waals surface area contributed by atoms with Gasteiger partial charge in [-0.1, -0.05) is 0 Å². The lowest BCUT2D eigenvalue weighted by molar-refractivity contribution is -0.119. The summed E-state index contributed by atoms with van der Waals surface area (Å²) in [4.78, 5) is 25.0. The van der Waals surface area contributed by atoms with Crippen molar-refractivity contribution in [1.82, 2.24) is 5.32 Å². The molecule has 21 heavy (non-hydrogen) atoms. The van der Waals surface area contributed by atoms with Crippen LogP contribution in [0.5, 0.6) is 0 Å². The molecule has 0 saturated carbocycles. The highest BCUT2D eigenvalue weighted by molar-refractivity contribution is 9.10. The van der Waals surface area contributed by atoms with Crippen molar-refractivity contribution in [1.29, 1.82) is 0 Å². The molecule has 1 atom stereocenters. The van der Waals surface area contributed by atoms with E-state index in [0.29, 0.717) is 17.8 Å². The van der Waals surface area contributed by atoms with Gasteiger partial charge in [0.25, 0.3) is 0 Å². The molecule has 1 saturated heterocycles. The van der Waals surface area contributed by atoms with Gasteiger partial charge in [0.15, 0.2) is 0 Å². The van der Waals surface area contributed by atoms with Crippen molar-refractivity contribution in [2.45, 2.75) is 19.4 Å². The van der Waals surface area contributed by atoms with E-state index in [9.17, 15) is 9.59 Å². The van der Waals surface area contributed by atoms with Crippen LogP contribution < -0.4 is 16.0 Å². The standard InChI is InChI=1S/C14H18BrN3O3/c1-8(19)17-9-3-4-18(7-9)13-5-10(14(20)21-2)12(16)6-11(13)15/h5-6,9H,3-4,7,16H2,1-2H3,(H,17,19)/t9-/m0/s1. The van der Waals surface area contributed by atoms with Crippen LogP contribution >= 0.6 is 15.9 Å². The first-order chi connectivity index (χ1) is 9.92. The molecule has 1 heterocycles. The lowest BCUT2D eigenvalue weighted by Crippen LogP contribution is -2.35. The first-order valence-electron chi connectivity index (χ1n) is 6.61. The van der Waals surface area contributed by atoms with Crippen LogP contribution in [0.3, 0.4) is 0 Å². The number of nitrogens with two attached hydrogens (primary N) is 1. The number of rotatable bonds is 3. The Morgan fingerprint density at radius 1 is 1.48 bits per heavy atom. The zero-order valence-electron chi connectivity index (χ0n) is 12.0. The largest absolute Gasteiger partial charge is 0.465 e. The van der Waals surface area contributed by atoms with Crippen molar-refractivity contribution in [2.75, 3.05) is 30.8 Å². The molecule has 1 aromatic rings. The fourth-order valence-electron chi connectivity index (χ4n) is 2.49. The molecule has 7 heteroatoms. The Labute approximate surface area is 131 Å². The van der Waals surface area contributed by atoms with Gasteiger partial charge in [0, 0.05) is 36.2 Å². The van der Waals surface area contributed by atoms with E-state index in [2.05, 4.69) is 26.1 Å². The number of esters is 1. The monoisotopic (exact) mass is 355 g/mol. The molecular weight excluding hydrogens is 338 g/mol. The number of nitrogens with zero attached hydrogens (tertiary/aromatic N) is 1. The summed E-state index contributed by atoms with van der Waals surface area (Å²) in [5.74, 6) is -0.493. The number of carbonyl (C=O) groups excluding carboxylic acids is 2. The fraction of sp³-hybridized carbons (Fsp3) is 0.429. The summed E-state index contributed by atoms with van der Waals surface area (Å²) in [5, 5.41) is 2.91. The zero-order valence-corrected chi connectivity index (χ0v) is 13.6. The van der Waals surface area contributed by atoms with Crippen LogP contribution in [0.1, 0.15) is 23.7 Å². The third-order valence-electron chi connectivity index (χ3n) is 3.46. The van der Waals surface area contributed by atoms with E-state index in [-0.39, 0.29) is 11.9 Å². The number of benzene rings is 1. The minimum Gasteiger partial charge on any atom is -0.465 e. The number of nitrogen functional groups attached to an aromatic ring is 1.